The highest BCUT2D eigenvalue weighted by atomic mass is 19.1. The molecule has 0 bridgehead atoms. The van der Waals surface area contributed by atoms with Crippen LogP contribution in [0.3, 0.4) is 0 Å². The van der Waals surface area contributed by atoms with Crippen molar-refractivity contribution in [2.24, 2.45) is 0 Å². The van der Waals surface area contributed by atoms with E-state index in [1.54, 1.807) is 13.8 Å². The molecule has 1 saturated carbocycles. The maximum atomic E-state index is 13.8. The van der Waals surface area contributed by atoms with Gasteiger partial charge in [0.1, 0.15) is 5.82 Å². The summed E-state index contributed by atoms with van der Waals surface area (Å²) in [5.74, 6) is -0.256. The Morgan fingerprint density at radius 1 is 1.29 bits per heavy atom. The van der Waals surface area contributed by atoms with Crippen molar-refractivity contribution < 1.29 is 9.50 Å². The van der Waals surface area contributed by atoms with E-state index in [1.807, 2.05) is 13.1 Å². The highest BCUT2D eigenvalue weighted by molar-refractivity contribution is 5.56. The molecule has 3 nitrogen and oxygen atoms in total. The number of hydrogen-bond donors (Lipinski definition) is 1. The number of hydrogen-bond acceptors (Lipinski definition) is 3. The van der Waals surface area contributed by atoms with E-state index in [0.29, 0.717) is 11.1 Å². The molecule has 118 valence electrons. The molecule has 0 saturated heterocycles. The van der Waals surface area contributed by atoms with E-state index in [9.17, 15) is 9.50 Å². The molecule has 1 fully saturated rings. The third kappa shape index (κ3) is 3.06. The Morgan fingerprint density at radius 3 is 2.33 bits per heavy atom. The number of benzene rings is 1. The summed E-state index contributed by atoms with van der Waals surface area (Å²) in [5.41, 5.74) is 2.41. The Hall–Kier alpha value is -1.13. The quantitative estimate of drug-likeness (QED) is 0.904. The number of nitrogens with zero attached hydrogens (tertiary/aromatic N) is 2. The van der Waals surface area contributed by atoms with Crippen molar-refractivity contribution in [3.05, 3.63) is 29.1 Å². The summed E-state index contributed by atoms with van der Waals surface area (Å²) in [5, 5.41) is 9.94. The molecule has 1 aliphatic rings. The second kappa shape index (κ2) is 5.93. The molecule has 0 spiro atoms. The van der Waals surface area contributed by atoms with Crippen LogP contribution in [0.25, 0.3) is 0 Å². The SMILES string of the molecule is Cc1cc(N(C)CC2(N(C)C)CCC2)c(C(C)O)cc1F. The van der Waals surface area contributed by atoms with Gasteiger partial charge in [0, 0.05) is 30.4 Å². The molecule has 0 radical (unpaired) electrons. The minimum absolute atomic E-state index is 0.201. The number of aryl methyl sites for hydroxylation is 1. The summed E-state index contributed by atoms with van der Waals surface area (Å²) < 4.78 is 13.8. The first-order chi connectivity index (χ1) is 9.77. The van der Waals surface area contributed by atoms with Crippen molar-refractivity contribution in [2.75, 3.05) is 32.6 Å². The molecule has 4 heteroatoms. The molecular weight excluding hydrogens is 267 g/mol. The zero-order chi connectivity index (χ0) is 15.8. The van der Waals surface area contributed by atoms with Gasteiger partial charge in [-0.15, -0.1) is 0 Å². The number of likely N-dealkylation sites (N-methyl/N-ethyl adjacent to an activating group) is 2. The lowest BCUT2D eigenvalue weighted by Gasteiger charge is -2.49. The Bertz CT molecular complexity index is 510. The van der Waals surface area contributed by atoms with Gasteiger partial charge in [-0.2, -0.15) is 0 Å². The van der Waals surface area contributed by atoms with Gasteiger partial charge >= 0.3 is 0 Å². The molecule has 0 amide bonds. The normalized spacial score (nSPS) is 18.5. The van der Waals surface area contributed by atoms with Crippen LogP contribution in [0.1, 0.15) is 43.4 Å². The largest absolute Gasteiger partial charge is 0.389 e. The van der Waals surface area contributed by atoms with E-state index >= 15 is 0 Å². The second-order valence-corrected chi connectivity index (χ2v) is 6.66. The summed E-state index contributed by atoms with van der Waals surface area (Å²) in [7, 11) is 6.28. The van der Waals surface area contributed by atoms with Gasteiger partial charge in [0.25, 0.3) is 0 Å². The monoisotopic (exact) mass is 294 g/mol. The average molecular weight is 294 g/mol. The van der Waals surface area contributed by atoms with Gasteiger partial charge in [-0.1, -0.05) is 0 Å². The number of aliphatic hydroxyl groups is 1. The van der Waals surface area contributed by atoms with Crippen molar-refractivity contribution in [3.8, 4) is 0 Å². The zero-order valence-electron chi connectivity index (χ0n) is 13.8. The maximum absolute atomic E-state index is 13.8. The molecule has 21 heavy (non-hydrogen) atoms. The summed E-state index contributed by atoms with van der Waals surface area (Å²) in [4.78, 5) is 4.46. The van der Waals surface area contributed by atoms with Crippen LogP contribution in [-0.2, 0) is 0 Å². The molecule has 1 N–H and O–H groups in total. The standard InChI is InChI=1S/C17H27FN2O/c1-12-9-16(14(13(2)21)10-15(12)18)20(5)11-17(19(3)4)7-6-8-17/h9-10,13,21H,6-8,11H2,1-5H3. The highest BCUT2D eigenvalue weighted by Crippen LogP contribution is 2.38. The molecule has 1 aromatic rings. The predicted molar refractivity (Wildman–Crippen MR) is 85.3 cm³/mol. The molecule has 1 atom stereocenters. The first-order valence-electron chi connectivity index (χ1n) is 7.63. The number of aliphatic hydroxyl groups excluding tert-OH is 1. The Balaban J connectivity index is 2.30. The highest BCUT2D eigenvalue weighted by Gasteiger charge is 2.40. The first-order valence-corrected chi connectivity index (χ1v) is 7.63. The Labute approximate surface area is 127 Å². The van der Waals surface area contributed by atoms with Gasteiger partial charge in [-0.05, 0) is 64.9 Å². The Morgan fingerprint density at radius 2 is 1.90 bits per heavy atom. The van der Waals surface area contributed by atoms with E-state index in [-0.39, 0.29) is 11.4 Å². The van der Waals surface area contributed by atoms with Crippen LogP contribution < -0.4 is 4.90 Å². The van der Waals surface area contributed by atoms with E-state index in [4.69, 9.17) is 0 Å². The van der Waals surface area contributed by atoms with Crippen LogP contribution in [-0.4, -0.2) is 43.2 Å². The van der Waals surface area contributed by atoms with Gasteiger partial charge in [0.05, 0.1) is 6.10 Å². The minimum Gasteiger partial charge on any atom is -0.389 e. The lowest BCUT2D eigenvalue weighted by atomic mass is 9.75. The summed E-state index contributed by atoms with van der Waals surface area (Å²) >= 11 is 0. The second-order valence-electron chi connectivity index (χ2n) is 6.66. The molecule has 0 heterocycles. The van der Waals surface area contributed by atoms with Crippen LogP contribution >= 0.6 is 0 Å². The third-order valence-electron chi connectivity index (χ3n) is 4.93. The van der Waals surface area contributed by atoms with E-state index in [2.05, 4.69) is 23.9 Å². The lowest BCUT2D eigenvalue weighted by molar-refractivity contribution is 0.0682. The van der Waals surface area contributed by atoms with Crippen molar-refractivity contribution in [1.82, 2.24) is 4.90 Å². The fraction of sp³-hybridized carbons (Fsp3) is 0.647. The van der Waals surface area contributed by atoms with Gasteiger partial charge in [-0.25, -0.2) is 4.39 Å². The van der Waals surface area contributed by atoms with Gasteiger partial charge in [0.15, 0.2) is 0 Å². The average Bonchev–Trinajstić information content (AvgIpc) is 2.35. The van der Waals surface area contributed by atoms with E-state index < -0.39 is 6.10 Å². The number of anilines is 1. The summed E-state index contributed by atoms with van der Waals surface area (Å²) in [6, 6.07) is 3.31. The molecule has 1 aliphatic carbocycles. The zero-order valence-corrected chi connectivity index (χ0v) is 13.8. The maximum Gasteiger partial charge on any atom is 0.126 e. The van der Waals surface area contributed by atoms with Crippen LogP contribution in [0.5, 0.6) is 0 Å². The topological polar surface area (TPSA) is 26.7 Å². The fourth-order valence-electron chi connectivity index (χ4n) is 3.21. The fourth-order valence-corrected chi connectivity index (χ4v) is 3.21. The molecule has 1 unspecified atom stereocenters. The van der Waals surface area contributed by atoms with Crippen LogP contribution in [0, 0.1) is 12.7 Å². The van der Waals surface area contributed by atoms with Gasteiger partial charge < -0.3 is 14.9 Å². The molecule has 0 aliphatic heterocycles. The molecule has 1 aromatic carbocycles. The third-order valence-corrected chi connectivity index (χ3v) is 4.93. The van der Waals surface area contributed by atoms with E-state index in [0.717, 1.165) is 12.2 Å². The van der Waals surface area contributed by atoms with E-state index in [1.165, 1.54) is 25.3 Å². The van der Waals surface area contributed by atoms with Crippen LogP contribution in [0.2, 0.25) is 0 Å². The Kier molecular flexibility index (Phi) is 4.59. The minimum atomic E-state index is -0.672. The number of halogens is 1. The molecule has 0 aromatic heterocycles. The smallest absolute Gasteiger partial charge is 0.126 e. The molecule has 2 rings (SSSR count). The van der Waals surface area contributed by atoms with Gasteiger partial charge in [-0.3, -0.25) is 0 Å². The van der Waals surface area contributed by atoms with Gasteiger partial charge in [0.2, 0.25) is 0 Å². The van der Waals surface area contributed by atoms with Crippen molar-refractivity contribution >= 4 is 5.69 Å². The van der Waals surface area contributed by atoms with Crippen molar-refractivity contribution in [3.63, 3.8) is 0 Å². The van der Waals surface area contributed by atoms with Crippen LogP contribution in [0.15, 0.2) is 12.1 Å². The number of rotatable bonds is 5. The van der Waals surface area contributed by atoms with Crippen molar-refractivity contribution in [1.29, 1.82) is 0 Å². The molecular formula is C17H27FN2O. The lowest BCUT2D eigenvalue weighted by Crippen LogP contribution is -2.56. The first kappa shape index (κ1) is 16.2. The van der Waals surface area contributed by atoms with Crippen LogP contribution in [0.4, 0.5) is 10.1 Å². The van der Waals surface area contributed by atoms with Crippen molar-refractivity contribution in [2.45, 2.75) is 44.8 Å². The summed E-state index contributed by atoms with van der Waals surface area (Å²) in [6.07, 6.45) is 2.97. The summed E-state index contributed by atoms with van der Waals surface area (Å²) in [6.45, 7) is 4.35. The predicted octanol–water partition coefficient (Wildman–Crippen LogP) is 3.11.